The minimum atomic E-state index is -0.579. The Labute approximate surface area is 124 Å². The van der Waals surface area contributed by atoms with Crippen LogP contribution in [-0.4, -0.2) is 53.3 Å². The zero-order chi connectivity index (χ0) is 13.8. The van der Waals surface area contributed by atoms with Crippen molar-refractivity contribution in [3.63, 3.8) is 0 Å². The number of hydrogen-bond acceptors (Lipinski definition) is 3. The van der Waals surface area contributed by atoms with Gasteiger partial charge < -0.3 is 10.2 Å². The Morgan fingerprint density at radius 1 is 1.10 bits per heavy atom. The predicted octanol–water partition coefficient (Wildman–Crippen LogP) is 1.37. The molecule has 2 aliphatic heterocycles. The molecule has 0 saturated carbocycles. The fraction of sp³-hybridized carbons (Fsp3) is 0.625. The van der Waals surface area contributed by atoms with E-state index in [9.17, 15) is 4.21 Å². The third-order valence-corrected chi connectivity index (χ3v) is 6.02. The Hall–Kier alpha value is -0.710. The lowest BCUT2D eigenvalue weighted by Crippen LogP contribution is -2.50. The van der Waals surface area contributed by atoms with Gasteiger partial charge in [-0.25, -0.2) is 0 Å². The quantitative estimate of drug-likeness (QED) is 0.913. The summed E-state index contributed by atoms with van der Waals surface area (Å²) in [4.78, 5) is 2.53. The maximum absolute atomic E-state index is 11.5. The second-order valence-electron chi connectivity index (χ2n) is 6.02. The van der Waals surface area contributed by atoms with Gasteiger partial charge in [0.25, 0.3) is 0 Å². The second kappa shape index (κ2) is 6.37. The van der Waals surface area contributed by atoms with Crippen molar-refractivity contribution in [1.29, 1.82) is 0 Å². The molecule has 3 nitrogen and oxygen atoms in total. The molecule has 0 bridgehead atoms. The minimum absolute atomic E-state index is 0.283. The van der Waals surface area contributed by atoms with Crippen LogP contribution in [0.3, 0.4) is 0 Å². The SMILES string of the molecule is O=S1CCN(CC2(c3ccccc3)CCNCC2)CC1. The maximum atomic E-state index is 11.5. The Kier molecular flexibility index (Phi) is 4.54. The number of piperidine rings is 1. The Morgan fingerprint density at radius 3 is 2.40 bits per heavy atom. The average Bonchev–Trinajstić information content (AvgIpc) is 2.52. The lowest BCUT2D eigenvalue weighted by Gasteiger charge is -2.43. The van der Waals surface area contributed by atoms with Crippen molar-refractivity contribution >= 4 is 10.8 Å². The van der Waals surface area contributed by atoms with Gasteiger partial charge in [-0.15, -0.1) is 0 Å². The number of nitrogens with zero attached hydrogens (tertiary/aromatic N) is 1. The molecule has 0 aliphatic carbocycles. The van der Waals surface area contributed by atoms with E-state index in [1.165, 1.54) is 18.4 Å². The first-order chi connectivity index (χ1) is 9.78. The van der Waals surface area contributed by atoms with Gasteiger partial charge in [-0.05, 0) is 31.5 Å². The van der Waals surface area contributed by atoms with Gasteiger partial charge in [0.2, 0.25) is 0 Å². The van der Waals surface area contributed by atoms with Crippen LogP contribution in [-0.2, 0) is 16.2 Å². The molecule has 3 rings (SSSR count). The number of benzene rings is 1. The summed E-state index contributed by atoms with van der Waals surface area (Å²) in [5.74, 6) is 1.70. The van der Waals surface area contributed by atoms with E-state index in [2.05, 4.69) is 40.5 Å². The zero-order valence-corrected chi connectivity index (χ0v) is 12.8. The van der Waals surface area contributed by atoms with E-state index in [4.69, 9.17) is 0 Å². The number of hydrogen-bond donors (Lipinski definition) is 1. The first-order valence-corrected chi connectivity index (χ1v) is 9.11. The molecule has 0 aromatic heterocycles. The van der Waals surface area contributed by atoms with Gasteiger partial charge in [-0.2, -0.15) is 0 Å². The first-order valence-electron chi connectivity index (χ1n) is 7.62. The number of nitrogens with one attached hydrogen (secondary N) is 1. The molecule has 2 aliphatic rings. The Morgan fingerprint density at radius 2 is 1.75 bits per heavy atom. The van der Waals surface area contributed by atoms with Crippen molar-refractivity contribution in [3.8, 4) is 0 Å². The third-order valence-electron chi connectivity index (χ3n) is 4.74. The second-order valence-corrected chi connectivity index (χ2v) is 7.72. The zero-order valence-electron chi connectivity index (χ0n) is 12.0. The standard InChI is InChI=1S/C16H24N2OS/c19-20-12-10-18(11-13-20)14-16(6-8-17-9-7-16)15-4-2-1-3-5-15/h1-5,17H,6-14H2. The molecule has 20 heavy (non-hydrogen) atoms. The monoisotopic (exact) mass is 292 g/mol. The average molecular weight is 292 g/mol. The lowest BCUT2D eigenvalue weighted by molar-refractivity contribution is 0.185. The molecular formula is C16H24N2OS. The van der Waals surface area contributed by atoms with E-state index in [0.29, 0.717) is 0 Å². The summed E-state index contributed by atoms with van der Waals surface area (Å²) in [6.45, 7) is 5.32. The van der Waals surface area contributed by atoms with Crippen LogP contribution in [0.25, 0.3) is 0 Å². The van der Waals surface area contributed by atoms with Crippen LogP contribution in [0.15, 0.2) is 30.3 Å². The van der Waals surface area contributed by atoms with Crippen molar-refractivity contribution in [2.75, 3.05) is 44.2 Å². The van der Waals surface area contributed by atoms with Gasteiger partial charge in [-0.1, -0.05) is 30.3 Å². The van der Waals surface area contributed by atoms with Gasteiger partial charge >= 0.3 is 0 Å². The van der Waals surface area contributed by atoms with Gasteiger partial charge in [0, 0.05) is 47.4 Å². The summed E-state index contributed by atoms with van der Waals surface area (Å²) in [6.07, 6.45) is 2.41. The van der Waals surface area contributed by atoms with E-state index in [0.717, 1.165) is 44.2 Å². The van der Waals surface area contributed by atoms with E-state index >= 15 is 0 Å². The predicted molar refractivity (Wildman–Crippen MR) is 84.5 cm³/mol. The summed E-state index contributed by atoms with van der Waals surface area (Å²) in [5.41, 5.74) is 1.76. The Bertz CT molecular complexity index is 447. The molecule has 0 amide bonds. The molecule has 4 heteroatoms. The van der Waals surface area contributed by atoms with Crippen LogP contribution in [0.4, 0.5) is 0 Å². The first kappa shape index (κ1) is 14.2. The van der Waals surface area contributed by atoms with Crippen LogP contribution < -0.4 is 5.32 Å². The summed E-state index contributed by atoms with van der Waals surface area (Å²) < 4.78 is 11.5. The highest BCUT2D eigenvalue weighted by Crippen LogP contribution is 2.34. The van der Waals surface area contributed by atoms with E-state index in [1.54, 1.807) is 0 Å². The summed E-state index contributed by atoms with van der Waals surface area (Å²) in [6, 6.07) is 11.0. The van der Waals surface area contributed by atoms with Crippen LogP contribution in [0.2, 0.25) is 0 Å². The molecule has 110 valence electrons. The summed E-state index contributed by atoms with van der Waals surface area (Å²) in [5, 5.41) is 3.49. The van der Waals surface area contributed by atoms with Crippen LogP contribution in [0, 0.1) is 0 Å². The molecule has 2 heterocycles. The molecule has 0 spiro atoms. The molecule has 1 aromatic rings. The largest absolute Gasteiger partial charge is 0.317 e. The fourth-order valence-corrected chi connectivity index (χ4v) is 4.62. The van der Waals surface area contributed by atoms with E-state index in [-0.39, 0.29) is 5.41 Å². The van der Waals surface area contributed by atoms with Gasteiger partial charge in [0.05, 0.1) is 0 Å². The molecule has 1 N–H and O–H groups in total. The topological polar surface area (TPSA) is 32.3 Å². The van der Waals surface area contributed by atoms with Gasteiger partial charge in [0.15, 0.2) is 0 Å². The van der Waals surface area contributed by atoms with Crippen LogP contribution in [0.1, 0.15) is 18.4 Å². The van der Waals surface area contributed by atoms with Crippen molar-refractivity contribution < 1.29 is 4.21 Å². The number of rotatable bonds is 3. The molecule has 2 fully saturated rings. The molecule has 1 aromatic carbocycles. The molecule has 0 atom stereocenters. The van der Waals surface area contributed by atoms with E-state index < -0.39 is 10.8 Å². The normalized spacial score (nSPS) is 24.6. The smallest absolute Gasteiger partial charge is 0.0363 e. The van der Waals surface area contributed by atoms with E-state index in [1.807, 2.05) is 0 Å². The molecule has 0 unspecified atom stereocenters. The van der Waals surface area contributed by atoms with Crippen molar-refractivity contribution in [2.45, 2.75) is 18.3 Å². The summed E-state index contributed by atoms with van der Waals surface area (Å²) >= 11 is 0. The van der Waals surface area contributed by atoms with Gasteiger partial charge in [0.1, 0.15) is 0 Å². The highest BCUT2D eigenvalue weighted by atomic mass is 32.2. The van der Waals surface area contributed by atoms with Crippen molar-refractivity contribution in [2.24, 2.45) is 0 Å². The lowest BCUT2D eigenvalue weighted by atomic mass is 9.72. The molecule has 2 saturated heterocycles. The highest BCUT2D eigenvalue weighted by Gasteiger charge is 2.36. The maximum Gasteiger partial charge on any atom is 0.0363 e. The summed E-state index contributed by atoms with van der Waals surface area (Å²) in [7, 11) is -0.579. The van der Waals surface area contributed by atoms with Crippen LogP contribution >= 0.6 is 0 Å². The van der Waals surface area contributed by atoms with Crippen molar-refractivity contribution in [1.82, 2.24) is 10.2 Å². The van der Waals surface area contributed by atoms with Crippen LogP contribution in [0.5, 0.6) is 0 Å². The minimum Gasteiger partial charge on any atom is -0.317 e. The third kappa shape index (κ3) is 3.13. The highest BCUT2D eigenvalue weighted by molar-refractivity contribution is 7.85. The molecular weight excluding hydrogens is 268 g/mol. The van der Waals surface area contributed by atoms with Gasteiger partial charge in [-0.3, -0.25) is 4.21 Å². The molecule has 0 radical (unpaired) electrons. The van der Waals surface area contributed by atoms with Crippen molar-refractivity contribution in [3.05, 3.63) is 35.9 Å². The Balaban J connectivity index is 1.77. The fourth-order valence-electron chi connectivity index (χ4n) is 3.50.